The third-order valence-corrected chi connectivity index (χ3v) is 7.64. The van der Waals surface area contributed by atoms with Crippen molar-refractivity contribution in [1.82, 2.24) is 0 Å². The number of anilines is 1. The van der Waals surface area contributed by atoms with Crippen LogP contribution in [0.4, 0.5) is 10.7 Å². The molecule has 0 saturated heterocycles. The van der Waals surface area contributed by atoms with Gasteiger partial charge in [-0.2, -0.15) is 0 Å². The molecule has 3 aromatic rings. The van der Waals surface area contributed by atoms with Gasteiger partial charge in [0, 0.05) is 21.8 Å². The Hall–Kier alpha value is -2.63. The summed E-state index contributed by atoms with van der Waals surface area (Å²) in [6, 6.07) is 14.9. The predicted octanol–water partition coefficient (Wildman–Crippen LogP) is 7.56. The van der Waals surface area contributed by atoms with Gasteiger partial charge in [0.15, 0.2) is 0 Å². The number of methoxy groups -OCH3 is 1. The lowest BCUT2D eigenvalue weighted by molar-refractivity contribution is 0.102. The van der Waals surface area contributed by atoms with Crippen molar-refractivity contribution in [2.45, 2.75) is 40.0 Å². The van der Waals surface area contributed by atoms with Crippen molar-refractivity contribution in [3.8, 4) is 5.75 Å². The van der Waals surface area contributed by atoms with E-state index in [4.69, 9.17) is 21.3 Å². The number of hydrogen-bond donors (Lipinski definition) is 1. The van der Waals surface area contributed by atoms with Gasteiger partial charge in [-0.3, -0.25) is 4.79 Å². The van der Waals surface area contributed by atoms with E-state index in [-0.39, 0.29) is 11.3 Å². The molecule has 1 aliphatic carbocycles. The van der Waals surface area contributed by atoms with Crippen LogP contribution in [0.15, 0.2) is 53.5 Å². The van der Waals surface area contributed by atoms with Gasteiger partial charge in [-0.05, 0) is 78.1 Å². The average molecular weight is 481 g/mol. The van der Waals surface area contributed by atoms with Gasteiger partial charge in [0.25, 0.3) is 5.91 Å². The zero-order chi connectivity index (χ0) is 23.6. The standard InChI is InChI=1S/C27H29ClN2O2S/c1-27(2,3)18-8-13-22-23(15-18)33-26(29-16-17-6-5-7-21(14-17)32-4)24(22)25(31)30-20-11-9-19(28)10-12-20/h5-7,9-12,14,16,18H,8,13,15H2,1-4H3,(H,30,31)/t18-/m0/s1. The minimum absolute atomic E-state index is 0.123. The number of carbonyl (C=O) groups excluding carboxylic acids is 1. The summed E-state index contributed by atoms with van der Waals surface area (Å²) in [6.07, 6.45) is 4.76. The molecule has 0 unspecified atom stereocenters. The number of benzene rings is 2. The normalized spacial score (nSPS) is 16.0. The van der Waals surface area contributed by atoms with Crippen LogP contribution < -0.4 is 10.1 Å². The Morgan fingerprint density at radius 1 is 1.21 bits per heavy atom. The summed E-state index contributed by atoms with van der Waals surface area (Å²) >= 11 is 7.64. The van der Waals surface area contributed by atoms with Crippen molar-refractivity contribution in [3.63, 3.8) is 0 Å². The molecule has 1 aliphatic rings. The number of ether oxygens (including phenoxy) is 1. The quantitative estimate of drug-likeness (QED) is 0.383. The minimum Gasteiger partial charge on any atom is -0.497 e. The summed E-state index contributed by atoms with van der Waals surface area (Å²) in [6.45, 7) is 6.89. The van der Waals surface area contributed by atoms with Crippen molar-refractivity contribution >= 4 is 45.7 Å². The largest absolute Gasteiger partial charge is 0.497 e. The maximum Gasteiger partial charge on any atom is 0.259 e. The van der Waals surface area contributed by atoms with Crippen LogP contribution in [0.5, 0.6) is 5.75 Å². The summed E-state index contributed by atoms with van der Waals surface area (Å²) in [7, 11) is 1.65. The van der Waals surface area contributed by atoms with Gasteiger partial charge in [0.2, 0.25) is 0 Å². The van der Waals surface area contributed by atoms with Gasteiger partial charge < -0.3 is 10.1 Å². The highest BCUT2D eigenvalue weighted by molar-refractivity contribution is 7.16. The summed E-state index contributed by atoms with van der Waals surface area (Å²) in [5, 5.41) is 4.43. The molecule has 1 N–H and O–H groups in total. The first-order valence-electron chi connectivity index (χ1n) is 11.1. The van der Waals surface area contributed by atoms with E-state index in [0.29, 0.717) is 16.5 Å². The number of halogens is 1. The molecule has 1 amide bonds. The predicted molar refractivity (Wildman–Crippen MR) is 139 cm³/mol. The van der Waals surface area contributed by atoms with Gasteiger partial charge in [-0.15, -0.1) is 11.3 Å². The number of rotatable bonds is 5. The van der Waals surface area contributed by atoms with Crippen LogP contribution in [0, 0.1) is 11.3 Å². The number of hydrogen-bond acceptors (Lipinski definition) is 4. The maximum absolute atomic E-state index is 13.4. The van der Waals surface area contributed by atoms with Crippen molar-refractivity contribution in [2.75, 3.05) is 12.4 Å². The van der Waals surface area contributed by atoms with Crippen molar-refractivity contribution in [3.05, 3.63) is 75.1 Å². The van der Waals surface area contributed by atoms with Gasteiger partial charge in [0.05, 0.1) is 12.7 Å². The molecule has 6 heteroatoms. The maximum atomic E-state index is 13.4. The molecule has 1 heterocycles. The number of nitrogens with zero attached hydrogens (tertiary/aromatic N) is 1. The highest BCUT2D eigenvalue weighted by Crippen LogP contribution is 2.45. The fourth-order valence-corrected chi connectivity index (χ4v) is 5.61. The lowest BCUT2D eigenvalue weighted by Gasteiger charge is -2.33. The van der Waals surface area contributed by atoms with E-state index in [1.807, 2.05) is 36.4 Å². The van der Waals surface area contributed by atoms with E-state index < -0.39 is 0 Å². The van der Waals surface area contributed by atoms with Crippen LogP contribution in [-0.2, 0) is 12.8 Å². The number of nitrogens with one attached hydrogen (secondary N) is 1. The van der Waals surface area contributed by atoms with Gasteiger partial charge in [-0.1, -0.05) is 44.5 Å². The fraction of sp³-hybridized carbons (Fsp3) is 0.333. The lowest BCUT2D eigenvalue weighted by Crippen LogP contribution is -2.27. The summed E-state index contributed by atoms with van der Waals surface area (Å²) in [5.74, 6) is 1.24. The molecule has 0 aliphatic heterocycles. The van der Waals surface area contributed by atoms with Crippen LogP contribution in [0.1, 0.15) is 53.6 Å². The second-order valence-electron chi connectivity index (χ2n) is 9.49. The number of amides is 1. The molecule has 172 valence electrons. The molecule has 1 aromatic heterocycles. The second kappa shape index (κ2) is 9.70. The van der Waals surface area contributed by atoms with Crippen LogP contribution in [-0.4, -0.2) is 19.2 Å². The molecule has 0 radical (unpaired) electrons. The van der Waals surface area contributed by atoms with Crippen molar-refractivity contribution in [2.24, 2.45) is 16.3 Å². The second-order valence-corrected chi connectivity index (χ2v) is 11.0. The van der Waals surface area contributed by atoms with Crippen molar-refractivity contribution < 1.29 is 9.53 Å². The minimum atomic E-state index is -0.123. The molecular formula is C27H29ClN2O2S. The zero-order valence-electron chi connectivity index (χ0n) is 19.4. The Kier molecular flexibility index (Phi) is 6.91. The average Bonchev–Trinajstić information content (AvgIpc) is 3.16. The van der Waals surface area contributed by atoms with E-state index in [1.165, 1.54) is 4.88 Å². The molecule has 4 nitrogen and oxygen atoms in total. The molecule has 0 saturated carbocycles. The third kappa shape index (κ3) is 5.48. The van der Waals surface area contributed by atoms with Gasteiger partial charge in [-0.25, -0.2) is 4.99 Å². The summed E-state index contributed by atoms with van der Waals surface area (Å²) < 4.78 is 5.32. The van der Waals surface area contributed by atoms with E-state index in [1.54, 1.807) is 36.8 Å². The van der Waals surface area contributed by atoms with Crippen LogP contribution in [0.25, 0.3) is 0 Å². The van der Waals surface area contributed by atoms with Gasteiger partial charge >= 0.3 is 0 Å². The number of fused-ring (bicyclic) bond motifs is 1. The number of aliphatic imine (C=N–C) groups is 1. The molecule has 0 spiro atoms. The molecule has 4 rings (SSSR count). The lowest BCUT2D eigenvalue weighted by atomic mass is 9.72. The first kappa shape index (κ1) is 23.5. The Bertz CT molecular complexity index is 1180. The van der Waals surface area contributed by atoms with Gasteiger partial charge in [0.1, 0.15) is 10.8 Å². The fourth-order valence-electron chi connectivity index (χ4n) is 4.22. The Morgan fingerprint density at radius 2 is 1.97 bits per heavy atom. The van der Waals surface area contributed by atoms with Crippen molar-refractivity contribution in [1.29, 1.82) is 0 Å². The smallest absolute Gasteiger partial charge is 0.259 e. The molecule has 0 fully saturated rings. The van der Waals surface area contributed by atoms with Crippen LogP contribution in [0.2, 0.25) is 5.02 Å². The molecular weight excluding hydrogens is 452 g/mol. The topological polar surface area (TPSA) is 50.7 Å². The first-order chi connectivity index (χ1) is 15.7. The van der Waals surface area contributed by atoms with Crippen LogP contribution in [0.3, 0.4) is 0 Å². The number of thiophene rings is 1. The van der Waals surface area contributed by atoms with E-state index in [0.717, 1.165) is 46.8 Å². The summed E-state index contributed by atoms with van der Waals surface area (Å²) in [4.78, 5) is 19.5. The Balaban J connectivity index is 1.69. The highest BCUT2D eigenvalue weighted by Gasteiger charge is 2.33. The highest BCUT2D eigenvalue weighted by atomic mass is 35.5. The SMILES string of the molecule is COc1cccc(C=Nc2sc3c(c2C(=O)Nc2ccc(Cl)cc2)CC[C@H](C(C)(C)C)C3)c1. The van der Waals surface area contributed by atoms with E-state index >= 15 is 0 Å². The van der Waals surface area contributed by atoms with E-state index in [2.05, 4.69) is 26.1 Å². The molecule has 1 atom stereocenters. The Morgan fingerprint density at radius 3 is 2.67 bits per heavy atom. The summed E-state index contributed by atoms with van der Waals surface area (Å²) in [5.41, 5.74) is 3.71. The molecule has 0 bridgehead atoms. The molecule has 33 heavy (non-hydrogen) atoms. The zero-order valence-corrected chi connectivity index (χ0v) is 21.0. The first-order valence-corrected chi connectivity index (χ1v) is 12.3. The Labute approximate surface area is 204 Å². The number of carbonyl (C=O) groups is 1. The van der Waals surface area contributed by atoms with Crippen LogP contribution >= 0.6 is 22.9 Å². The van der Waals surface area contributed by atoms with E-state index in [9.17, 15) is 4.79 Å². The molecule has 2 aromatic carbocycles. The monoisotopic (exact) mass is 480 g/mol. The third-order valence-electron chi connectivity index (χ3n) is 6.23.